The molecule has 0 atom stereocenters. The van der Waals surface area contributed by atoms with Crippen LogP contribution in [0, 0.1) is 0 Å². The molecule has 0 bridgehead atoms. The fraction of sp³-hybridized carbons (Fsp3) is 0.308. The van der Waals surface area contributed by atoms with Gasteiger partial charge in [0.25, 0.3) is 0 Å². The predicted molar refractivity (Wildman–Crippen MR) is 64.9 cm³/mol. The molecule has 0 unspecified atom stereocenters. The molecule has 1 heterocycles. The molecule has 0 saturated carbocycles. The Hall–Kier alpha value is -1.97. The van der Waals surface area contributed by atoms with E-state index in [0.29, 0.717) is 6.61 Å². The molecule has 0 aliphatic heterocycles. The van der Waals surface area contributed by atoms with Crippen molar-refractivity contribution in [3.05, 3.63) is 35.5 Å². The summed E-state index contributed by atoms with van der Waals surface area (Å²) in [6.45, 7) is 4.19. The van der Waals surface area contributed by atoms with Crippen LogP contribution in [-0.4, -0.2) is 22.8 Å². The van der Waals surface area contributed by atoms with Gasteiger partial charge in [-0.05, 0) is 31.0 Å². The summed E-state index contributed by atoms with van der Waals surface area (Å²) in [5.41, 5.74) is 2.26. The highest BCUT2D eigenvalue weighted by Crippen LogP contribution is 2.14. The van der Waals surface area contributed by atoms with Crippen LogP contribution in [0.15, 0.2) is 24.3 Å². The third kappa shape index (κ3) is 2.41. The normalized spacial score (nSPS) is 10.5. The van der Waals surface area contributed by atoms with E-state index in [1.807, 2.05) is 18.2 Å². The van der Waals surface area contributed by atoms with Gasteiger partial charge in [0.15, 0.2) is 5.69 Å². The average molecular weight is 230 g/mol. The van der Waals surface area contributed by atoms with Crippen molar-refractivity contribution >= 4 is 16.9 Å². The summed E-state index contributed by atoms with van der Waals surface area (Å²) in [5.74, 6) is -0.429. The zero-order valence-corrected chi connectivity index (χ0v) is 9.93. The van der Waals surface area contributed by atoms with Gasteiger partial charge in [0.2, 0.25) is 0 Å². The second kappa shape index (κ2) is 4.91. The number of aromatic nitrogens is 2. The summed E-state index contributed by atoms with van der Waals surface area (Å²) in [7, 11) is 0. The summed E-state index contributed by atoms with van der Waals surface area (Å²) < 4.78 is 4.88. The van der Waals surface area contributed by atoms with Crippen molar-refractivity contribution in [2.45, 2.75) is 20.3 Å². The Morgan fingerprint density at radius 3 is 2.76 bits per heavy atom. The Morgan fingerprint density at radius 1 is 1.24 bits per heavy atom. The average Bonchev–Trinajstić information content (AvgIpc) is 2.37. The standard InChI is InChI=1S/C13H14N2O2/c1-3-9-5-6-10-8-12(13(16)17-4-2)15-14-11(10)7-9/h5-8H,3-4H2,1-2H3. The third-order valence-electron chi connectivity index (χ3n) is 2.55. The Bertz CT molecular complexity index is 552. The van der Waals surface area contributed by atoms with E-state index in [1.54, 1.807) is 13.0 Å². The van der Waals surface area contributed by atoms with Crippen molar-refractivity contribution in [2.75, 3.05) is 6.61 Å². The Morgan fingerprint density at radius 2 is 2.06 bits per heavy atom. The Labute approximate surface area is 99.6 Å². The zero-order valence-electron chi connectivity index (χ0n) is 9.93. The molecule has 0 amide bonds. The lowest BCUT2D eigenvalue weighted by Gasteiger charge is -2.03. The summed E-state index contributed by atoms with van der Waals surface area (Å²) in [4.78, 5) is 11.5. The van der Waals surface area contributed by atoms with Gasteiger partial charge in [-0.2, -0.15) is 0 Å². The second-order valence-electron chi connectivity index (χ2n) is 3.70. The van der Waals surface area contributed by atoms with Crippen LogP contribution in [0.5, 0.6) is 0 Å². The number of fused-ring (bicyclic) bond motifs is 1. The van der Waals surface area contributed by atoms with Crippen LogP contribution >= 0.6 is 0 Å². The van der Waals surface area contributed by atoms with Gasteiger partial charge in [0.1, 0.15) is 0 Å². The topological polar surface area (TPSA) is 52.1 Å². The maximum Gasteiger partial charge on any atom is 0.358 e. The lowest BCUT2D eigenvalue weighted by atomic mass is 10.1. The van der Waals surface area contributed by atoms with Crippen LogP contribution in [0.25, 0.3) is 10.9 Å². The number of hydrogen-bond acceptors (Lipinski definition) is 4. The highest BCUT2D eigenvalue weighted by atomic mass is 16.5. The van der Waals surface area contributed by atoms with Gasteiger partial charge in [0.05, 0.1) is 12.1 Å². The van der Waals surface area contributed by atoms with Crippen LogP contribution in [-0.2, 0) is 11.2 Å². The van der Waals surface area contributed by atoms with Crippen molar-refractivity contribution in [3.63, 3.8) is 0 Å². The lowest BCUT2D eigenvalue weighted by Crippen LogP contribution is -2.08. The molecule has 0 radical (unpaired) electrons. The van der Waals surface area contributed by atoms with Crippen molar-refractivity contribution in [3.8, 4) is 0 Å². The van der Waals surface area contributed by atoms with Crippen molar-refractivity contribution in [2.24, 2.45) is 0 Å². The molecule has 88 valence electrons. The number of carbonyl (C=O) groups excluding carboxylic acids is 1. The summed E-state index contributed by atoms with van der Waals surface area (Å²) in [6, 6.07) is 7.67. The van der Waals surface area contributed by atoms with Crippen LogP contribution in [0.1, 0.15) is 29.9 Å². The highest BCUT2D eigenvalue weighted by molar-refractivity contribution is 5.91. The van der Waals surface area contributed by atoms with Gasteiger partial charge in [-0.3, -0.25) is 0 Å². The number of carbonyl (C=O) groups is 1. The minimum Gasteiger partial charge on any atom is -0.461 e. The fourth-order valence-corrected chi connectivity index (χ4v) is 1.61. The molecule has 0 spiro atoms. The molecule has 1 aromatic carbocycles. The van der Waals surface area contributed by atoms with E-state index in [1.165, 1.54) is 5.56 Å². The van der Waals surface area contributed by atoms with Crippen molar-refractivity contribution in [1.82, 2.24) is 10.2 Å². The number of aryl methyl sites for hydroxylation is 1. The molecule has 4 nitrogen and oxygen atoms in total. The molecule has 0 aliphatic carbocycles. The smallest absolute Gasteiger partial charge is 0.358 e. The van der Waals surface area contributed by atoms with E-state index in [4.69, 9.17) is 4.74 Å². The maximum atomic E-state index is 11.5. The molecule has 2 rings (SSSR count). The highest BCUT2D eigenvalue weighted by Gasteiger charge is 2.09. The molecule has 0 aliphatic rings. The molecule has 0 saturated heterocycles. The molecule has 1 aromatic heterocycles. The van der Waals surface area contributed by atoms with E-state index >= 15 is 0 Å². The third-order valence-corrected chi connectivity index (χ3v) is 2.55. The number of nitrogens with zero attached hydrogens (tertiary/aromatic N) is 2. The molecular formula is C13H14N2O2. The number of ether oxygens (including phenoxy) is 1. The summed E-state index contributed by atoms with van der Waals surface area (Å²) in [5, 5.41) is 8.82. The first-order chi connectivity index (χ1) is 8.24. The molecule has 0 fully saturated rings. The van der Waals surface area contributed by atoms with Crippen molar-refractivity contribution in [1.29, 1.82) is 0 Å². The summed E-state index contributed by atoms with van der Waals surface area (Å²) in [6.07, 6.45) is 0.956. The largest absolute Gasteiger partial charge is 0.461 e. The van der Waals surface area contributed by atoms with Crippen LogP contribution < -0.4 is 0 Å². The first-order valence-corrected chi connectivity index (χ1v) is 5.68. The van der Waals surface area contributed by atoms with Crippen LogP contribution in [0.3, 0.4) is 0 Å². The van der Waals surface area contributed by atoms with Gasteiger partial charge in [-0.1, -0.05) is 19.1 Å². The monoisotopic (exact) mass is 230 g/mol. The molecule has 4 heteroatoms. The number of benzene rings is 1. The maximum absolute atomic E-state index is 11.5. The van der Waals surface area contributed by atoms with Crippen LogP contribution in [0.4, 0.5) is 0 Å². The van der Waals surface area contributed by atoms with E-state index in [0.717, 1.165) is 17.3 Å². The Balaban J connectivity index is 2.41. The van der Waals surface area contributed by atoms with Crippen molar-refractivity contribution < 1.29 is 9.53 Å². The quantitative estimate of drug-likeness (QED) is 0.759. The van der Waals surface area contributed by atoms with E-state index in [2.05, 4.69) is 17.1 Å². The van der Waals surface area contributed by atoms with E-state index in [9.17, 15) is 4.79 Å². The molecule has 2 aromatic rings. The fourth-order valence-electron chi connectivity index (χ4n) is 1.61. The molecule has 17 heavy (non-hydrogen) atoms. The van der Waals surface area contributed by atoms with Gasteiger partial charge >= 0.3 is 5.97 Å². The first kappa shape index (κ1) is 11.5. The SMILES string of the molecule is CCOC(=O)c1cc2ccc(CC)cc2nn1. The molecule has 0 N–H and O–H groups in total. The van der Waals surface area contributed by atoms with Crippen LogP contribution in [0.2, 0.25) is 0 Å². The summed E-state index contributed by atoms with van der Waals surface area (Å²) >= 11 is 0. The van der Waals surface area contributed by atoms with Gasteiger partial charge in [-0.25, -0.2) is 4.79 Å². The minimum atomic E-state index is -0.429. The van der Waals surface area contributed by atoms with Gasteiger partial charge < -0.3 is 4.74 Å². The zero-order chi connectivity index (χ0) is 12.3. The van der Waals surface area contributed by atoms with E-state index in [-0.39, 0.29) is 5.69 Å². The molecular weight excluding hydrogens is 216 g/mol. The second-order valence-corrected chi connectivity index (χ2v) is 3.70. The van der Waals surface area contributed by atoms with Gasteiger partial charge in [0, 0.05) is 5.39 Å². The predicted octanol–water partition coefficient (Wildman–Crippen LogP) is 2.37. The van der Waals surface area contributed by atoms with E-state index < -0.39 is 5.97 Å². The lowest BCUT2D eigenvalue weighted by molar-refractivity contribution is 0.0518. The minimum absolute atomic E-state index is 0.253. The van der Waals surface area contributed by atoms with Gasteiger partial charge in [-0.15, -0.1) is 10.2 Å². The first-order valence-electron chi connectivity index (χ1n) is 5.68. The number of esters is 1. The number of hydrogen-bond donors (Lipinski definition) is 0. The Kier molecular flexibility index (Phi) is 3.32. The number of rotatable bonds is 3.